The lowest BCUT2D eigenvalue weighted by molar-refractivity contribution is -0.148. The third-order valence-corrected chi connectivity index (χ3v) is 4.05. The number of carboxylic acids is 1. The molecule has 0 aliphatic carbocycles. The fourth-order valence-electron chi connectivity index (χ4n) is 2.45. The molecule has 2 rings (SSSR count). The van der Waals surface area contributed by atoms with Crippen molar-refractivity contribution in [2.24, 2.45) is 5.41 Å². The van der Waals surface area contributed by atoms with Gasteiger partial charge >= 0.3 is 12.0 Å². The first-order chi connectivity index (χ1) is 9.48. The SMILES string of the molecule is CCC1(C(=O)O)CCN(C(=O)Nc2cnccc2C)C1. The molecule has 1 aliphatic rings. The summed E-state index contributed by atoms with van der Waals surface area (Å²) in [4.78, 5) is 29.1. The van der Waals surface area contributed by atoms with Gasteiger partial charge in [0, 0.05) is 19.3 Å². The van der Waals surface area contributed by atoms with Crippen LogP contribution in [0, 0.1) is 12.3 Å². The summed E-state index contributed by atoms with van der Waals surface area (Å²) >= 11 is 0. The molecule has 0 bridgehead atoms. The average Bonchev–Trinajstić information content (AvgIpc) is 2.87. The Morgan fingerprint density at radius 1 is 1.55 bits per heavy atom. The van der Waals surface area contributed by atoms with Gasteiger partial charge in [0.05, 0.1) is 17.3 Å². The lowest BCUT2D eigenvalue weighted by Crippen LogP contribution is -2.38. The highest BCUT2D eigenvalue weighted by Crippen LogP contribution is 2.34. The van der Waals surface area contributed by atoms with Gasteiger partial charge in [-0.25, -0.2) is 4.79 Å². The third-order valence-electron chi connectivity index (χ3n) is 4.05. The van der Waals surface area contributed by atoms with E-state index >= 15 is 0 Å². The van der Waals surface area contributed by atoms with Crippen molar-refractivity contribution in [2.45, 2.75) is 26.7 Å². The van der Waals surface area contributed by atoms with Crippen LogP contribution in [-0.2, 0) is 4.79 Å². The molecule has 0 spiro atoms. The first kappa shape index (κ1) is 14.3. The number of carboxylic acid groups (broad SMARTS) is 1. The molecule has 0 saturated carbocycles. The maximum Gasteiger partial charge on any atom is 0.321 e. The van der Waals surface area contributed by atoms with Gasteiger partial charge in [0.25, 0.3) is 0 Å². The molecular weight excluding hydrogens is 258 g/mol. The van der Waals surface area contributed by atoms with Gasteiger partial charge < -0.3 is 15.3 Å². The van der Waals surface area contributed by atoms with Crippen LogP contribution in [0.15, 0.2) is 18.5 Å². The quantitative estimate of drug-likeness (QED) is 0.886. The number of carbonyl (C=O) groups excluding carboxylic acids is 1. The average molecular weight is 277 g/mol. The number of likely N-dealkylation sites (tertiary alicyclic amines) is 1. The molecule has 2 heterocycles. The van der Waals surface area contributed by atoms with E-state index < -0.39 is 11.4 Å². The maximum absolute atomic E-state index is 12.2. The normalized spacial score (nSPS) is 21.8. The van der Waals surface area contributed by atoms with E-state index in [1.807, 2.05) is 19.9 Å². The number of aryl methyl sites for hydroxylation is 1. The summed E-state index contributed by atoms with van der Waals surface area (Å²) in [5, 5.41) is 12.1. The van der Waals surface area contributed by atoms with Gasteiger partial charge in [-0.15, -0.1) is 0 Å². The van der Waals surface area contributed by atoms with Gasteiger partial charge in [-0.2, -0.15) is 0 Å². The van der Waals surface area contributed by atoms with E-state index in [4.69, 9.17) is 0 Å². The smallest absolute Gasteiger partial charge is 0.321 e. The van der Waals surface area contributed by atoms with Crippen LogP contribution in [0.5, 0.6) is 0 Å². The molecule has 2 N–H and O–H groups in total. The monoisotopic (exact) mass is 277 g/mol. The standard InChI is InChI=1S/C14H19N3O3/c1-3-14(12(18)19)5-7-17(9-14)13(20)16-11-8-15-6-4-10(11)2/h4,6,8H,3,5,7,9H2,1-2H3,(H,16,20)(H,18,19). The molecule has 1 fully saturated rings. The van der Waals surface area contributed by atoms with Crippen LogP contribution in [0.25, 0.3) is 0 Å². The summed E-state index contributed by atoms with van der Waals surface area (Å²) in [7, 11) is 0. The topological polar surface area (TPSA) is 82.5 Å². The van der Waals surface area contributed by atoms with Gasteiger partial charge in [-0.05, 0) is 31.4 Å². The highest BCUT2D eigenvalue weighted by molar-refractivity contribution is 5.91. The number of aliphatic carboxylic acids is 1. The Labute approximate surface area is 117 Å². The molecule has 0 radical (unpaired) electrons. The lowest BCUT2D eigenvalue weighted by Gasteiger charge is -2.23. The van der Waals surface area contributed by atoms with Crippen molar-refractivity contribution in [3.63, 3.8) is 0 Å². The number of hydrogen-bond acceptors (Lipinski definition) is 3. The van der Waals surface area contributed by atoms with E-state index in [9.17, 15) is 14.7 Å². The van der Waals surface area contributed by atoms with Crippen molar-refractivity contribution in [3.05, 3.63) is 24.0 Å². The van der Waals surface area contributed by atoms with E-state index in [1.165, 1.54) is 0 Å². The first-order valence-corrected chi connectivity index (χ1v) is 6.68. The van der Waals surface area contributed by atoms with Crippen molar-refractivity contribution >= 4 is 17.7 Å². The molecule has 1 atom stereocenters. The second kappa shape index (κ2) is 5.48. The molecule has 1 aliphatic heterocycles. The minimum absolute atomic E-state index is 0.254. The second-order valence-corrected chi connectivity index (χ2v) is 5.23. The molecular formula is C14H19N3O3. The van der Waals surface area contributed by atoms with E-state index in [-0.39, 0.29) is 12.6 Å². The number of pyridine rings is 1. The predicted molar refractivity (Wildman–Crippen MR) is 74.5 cm³/mol. The minimum Gasteiger partial charge on any atom is -0.481 e. The van der Waals surface area contributed by atoms with Gasteiger partial charge in [-0.1, -0.05) is 6.92 Å². The number of rotatable bonds is 3. The molecule has 108 valence electrons. The molecule has 1 saturated heterocycles. The summed E-state index contributed by atoms with van der Waals surface area (Å²) in [6.45, 7) is 4.45. The number of urea groups is 1. The molecule has 1 aromatic heterocycles. The predicted octanol–water partition coefficient (Wildman–Crippen LogP) is 2.11. The van der Waals surface area contributed by atoms with Crippen LogP contribution in [0.1, 0.15) is 25.3 Å². The van der Waals surface area contributed by atoms with Crippen LogP contribution in [0.2, 0.25) is 0 Å². The summed E-state index contributed by atoms with van der Waals surface area (Å²) < 4.78 is 0. The van der Waals surface area contributed by atoms with E-state index in [0.717, 1.165) is 5.56 Å². The van der Waals surface area contributed by atoms with E-state index in [0.29, 0.717) is 25.1 Å². The summed E-state index contributed by atoms with van der Waals surface area (Å²) in [5.74, 6) is -0.826. The minimum atomic E-state index is -0.826. The Morgan fingerprint density at radius 3 is 2.85 bits per heavy atom. The summed E-state index contributed by atoms with van der Waals surface area (Å²) in [6, 6.07) is 1.55. The molecule has 6 nitrogen and oxygen atoms in total. The van der Waals surface area contributed by atoms with Gasteiger partial charge in [-0.3, -0.25) is 9.78 Å². The molecule has 2 amide bonds. The van der Waals surface area contributed by atoms with Gasteiger partial charge in [0.15, 0.2) is 0 Å². The number of carbonyl (C=O) groups is 2. The molecule has 6 heteroatoms. The Kier molecular flexibility index (Phi) is 3.92. The Hall–Kier alpha value is -2.11. The zero-order valence-corrected chi connectivity index (χ0v) is 11.7. The molecule has 20 heavy (non-hydrogen) atoms. The number of amides is 2. The fourth-order valence-corrected chi connectivity index (χ4v) is 2.45. The van der Waals surface area contributed by atoms with Crippen LogP contribution in [0.4, 0.5) is 10.5 Å². The van der Waals surface area contributed by atoms with Crippen LogP contribution < -0.4 is 5.32 Å². The number of hydrogen-bond donors (Lipinski definition) is 2. The molecule has 1 aromatic rings. The largest absolute Gasteiger partial charge is 0.481 e. The number of nitrogens with zero attached hydrogens (tertiary/aromatic N) is 2. The van der Waals surface area contributed by atoms with Crippen LogP contribution in [0.3, 0.4) is 0 Å². The number of aromatic nitrogens is 1. The Morgan fingerprint density at radius 2 is 2.30 bits per heavy atom. The highest BCUT2D eigenvalue weighted by atomic mass is 16.4. The zero-order valence-electron chi connectivity index (χ0n) is 11.7. The Bertz CT molecular complexity index is 532. The van der Waals surface area contributed by atoms with Gasteiger partial charge in [0.1, 0.15) is 0 Å². The van der Waals surface area contributed by atoms with Crippen LogP contribution in [-0.4, -0.2) is 40.1 Å². The zero-order chi connectivity index (χ0) is 14.8. The van der Waals surface area contributed by atoms with Gasteiger partial charge in [0.2, 0.25) is 0 Å². The molecule has 1 unspecified atom stereocenters. The summed E-state index contributed by atoms with van der Waals surface area (Å²) in [6.07, 6.45) is 4.28. The van der Waals surface area contributed by atoms with Crippen molar-refractivity contribution in [1.29, 1.82) is 0 Å². The third kappa shape index (κ3) is 2.59. The number of nitrogens with one attached hydrogen (secondary N) is 1. The lowest BCUT2D eigenvalue weighted by atomic mass is 9.84. The van der Waals surface area contributed by atoms with Crippen molar-refractivity contribution < 1.29 is 14.7 Å². The van der Waals surface area contributed by atoms with E-state index in [1.54, 1.807) is 17.3 Å². The van der Waals surface area contributed by atoms with Crippen molar-refractivity contribution in [1.82, 2.24) is 9.88 Å². The van der Waals surface area contributed by atoms with E-state index in [2.05, 4.69) is 10.3 Å². The maximum atomic E-state index is 12.2. The van der Waals surface area contributed by atoms with Crippen molar-refractivity contribution in [3.8, 4) is 0 Å². The summed E-state index contributed by atoms with van der Waals surface area (Å²) in [5.41, 5.74) is 0.774. The second-order valence-electron chi connectivity index (χ2n) is 5.23. The van der Waals surface area contributed by atoms with Crippen LogP contribution >= 0.6 is 0 Å². The van der Waals surface area contributed by atoms with Crippen molar-refractivity contribution in [2.75, 3.05) is 18.4 Å². The number of anilines is 1. The first-order valence-electron chi connectivity index (χ1n) is 6.68. The highest BCUT2D eigenvalue weighted by Gasteiger charge is 2.44. The fraction of sp³-hybridized carbons (Fsp3) is 0.500. The molecule has 0 aromatic carbocycles. The Balaban J connectivity index is 2.05.